The lowest BCUT2D eigenvalue weighted by molar-refractivity contribution is -0.117. The minimum Gasteiger partial charge on any atom is -0.336 e. The number of anilines is 2. The Morgan fingerprint density at radius 3 is 2.94 bits per heavy atom. The Balaban J connectivity index is 2.15. The Morgan fingerprint density at radius 2 is 2.33 bits per heavy atom. The van der Waals surface area contributed by atoms with Crippen molar-refractivity contribution in [3.05, 3.63) is 24.3 Å². The minimum atomic E-state index is -0.566. The van der Waals surface area contributed by atoms with Crippen LogP contribution in [0.2, 0.25) is 0 Å². The lowest BCUT2D eigenvalue weighted by Crippen LogP contribution is -2.32. The fraction of sp³-hybridized carbons (Fsp3) is 0.333. The van der Waals surface area contributed by atoms with E-state index in [1.54, 1.807) is 30.0 Å². The molecule has 1 aromatic carbocycles. The minimum absolute atomic E-state index is 0.120. The number of benzene rings is 1. The molecule has 1 atom stereocenters. The van der Waals surface area contributed by atoms with Gasteiger partial charge in [0, 0.05) is 24.5 Å². The number of hydrogen-bond donors (Lipinski definition) is 3. The molecule has 0 aromatic heterocycles. The maximum absolute atomic E-state index is 11.5. The molecule has 2 rings (SSSR count). The first-order valence-electron chi connectivity index (χ1n) is 5.80. The van der Waals surface area contributed by atoms with E-state index in [0.29, 0.717) is 18.8 Å². The van der Waals surface area contributed by atoms with E-state index in [0.717, 1.165) is 5.69 Å². The highest BCUT2D eigenvalue weighted by Gasteiger charge is 2.21. The molecule has 1 saturated heterocycles. The summed E-state index contributed by atoms with van der Waals surface area (Å²) in [7, 11) is 0. The summed E-state index contributed by atoms with van der Waals surface area (Å²) >= 11 is 0. The van der Waals surface area contributed by atoms with Gasteiger partial charge >= 0.3 is 6.03 Å². The lowest BCUT2D eigenvalue weighted by atomic mass is 10.2. The van der Waals surface area contributed by atoms with E-state index in [2.05, 4.69) is 10.6 Å². The van der Waals surface area contributed by atoms with Gasteiger partial charge in [-0.2, -0.15) is 0 Å². The Hall–Kier alpha value is -2.08. The number of carbonyl (C=O) groups excluding carboxylic acids is 2. The predicted molar refractivity (Wildman–Crippen MR) is 69.5 cm³/mol. The Labute approximate surface area is 105 Å². The summed E-state index contributed by atoms with van der Waals surface area (Å²) in [4.78, 5) is 24.6. The number of nitrogens with zero attached hydrogens (tertiary/aromatic N) is 1. The number of amides is 3. The van der Waals surface area contributed by atoms with Crippen LogP contribution in [0.25, 0.3) is 0 Å². The Morgan fingerprint density at radius 1 is 1.56 bits per heavy atom. The Kier molecular flexibility index (Phi) is 3.47. The molecule has 1 aliphatic rings. The van der Waals surface area contributed by atoms with Crippen LogP contribution in [-0.2, 0) is 4.79 Å². The van der Waals surface area contributed by atoms with E-state index in [9.17, 15) is 9.59 Å². The van der Waals surface area contributed by atoms with Crippen molar-refractivity contribution in [2.75, 3.05) is 23.3 Å². The zero-order valence-corrected chi connectivity index (χ0v) is 10.1. The van der Waals surface area contributed by atoms with Crippen LogP contribution in [-0.4, -0.2) is 31.1 Å². The quantitative estimate of drug-likeness (QED) is 0.728. The van der Waals surface area contributed by atoms with Crippen molar-refractivity contribution in [1.82, 2.24) is 5.32 Å². The van der Waals surface area contributed by atoms with Crippen molar-refractivity contribution in [3.8, 4) is 0 Å². The van der Waals surface area contributed by atoms with Crippen LogP contribution in [0, 0.1) is 0 Å². The molecule has 3 amide bonds. The molecule has 0 spiro atoms. The molecule has 1 aromatic rings. The van der Waals surface area contributed by atoms with Crippen molar-refractivity contribution in [1.29, 1.82) is 0 Å². The summed E-state index contributed by atoms with van der Waals surface area (Å²) in [5, 5.41) is 5.42. The summed E-state index contributed by atoms with van der Waals surface area (Å²) in [5.41, 5.74) is 6.87. The van der Waals surface area contributed by atoms with Crippen molar-refractivity contribution in [3.63, 3.8) is 0 Å². The van der Waals surface area contributed by atoms with Crippen molar-refractivity contribution >= 4 is 23.3 Å². The van der Waals surface area contributed by atoms with Gasteiger partial charge in [-0.3, -0.25) is 9.69 Å². The molecule has 6 nitrogen and oxygen atoms in total. The molecule has 1 heterocycles. The van der Waals surface area contributed by atoms with Crippen molar-refractivity contribution in [2.24, 2.45) is 5.73 Å². The maximum atomic E-state index is 11.5. The molecule has 96 valence electrons. The first kappa shape index (κ1) is 12.4. The Bertz CT molecular complexity index is 473. The van der Waals surface area contributed by atoms with Crippen LogP contribution >= 0.6 is 0 Å². The first-order valence-corrected chi connectivity index (χ1v) is 5.80. The summed E-state index contributed by atoms with van der Waals surface area (Å²) in [6, 6.07) is 6.45. The topological polar surface area (TPSA) is 87.5 Å². The van der Waals surface area contributed by atoms with E-state index in [-0.39, 0.29) is 11.9 Å². The number of rotatable bonds is 3. The van der Waals surface area contributed by atoms with Gasteiger partial charge in [-0.1, -0.05) is 6.07 Å². The second kappa shape index (κ2) is 5.05. The molecule has 0 aliphatic carbocycles. The molecule has 4 N–H and O–H groups in total. The van der Waals surface area contributed by atoms with Gasteiger partial charge in [-0.05, 0) is 25.1 Å². The maximum Gasteiger partial charge on any atom is 0.321 e. The number of carbonyl (C=O) groups is 2. The number of urea groups is 1. The summed E-state index contributed by atoms with van der Waals surface area (Å²) in [6.07, 6.45) is 0. The average molecular weight is 248 g/mol. The molecule has 18 heavy (non-hydrogen) atoms. The standard InChI is InChI=1S/C12H16N4O2/c1-8(13)11(17)15-9-3-2-4-10(7-9)16-6-5-14-12(16)18/h2-4,7-8H,5-6,13H2,1H3,(H,14,18)(H,15,17). The van der Waals surface area contributed by atoms with E-state index in [1.807, 2.05) is 6.07 Å². The first-order chi connectivity index (χ1) is 8.58. The van der Waals surface area contributed by atoms with Gasteiger partial charge in [0.1, 0.15) is 0 Å². The zero-order valence-electron chi connectivity index (χ0n) is 10.1. The fourth-order valence-corrected chi connectivity index (χ4v) is 1.73. The zero-order chi connectivity index (χ0) is 13.1. The van der Waals surface area contributed by atoms with Crippen LogP contribution in [0.15, 0.2) is 24.3 Å². The third-order valence-electron chi connectivity index (χ3n) is 2.70. The molecule has 1 unspecified atom stereocenters. The van der Waals surface area contributed by atoms with Crippen LogP contribution in [0.3, 0.4) is 0 Å². The smallest absolute Gasteiger partial charge is 0.321 e. The summed E-state index contributed by atoms with van der Waals surface area (Å²) in [6.45, 7) is 2.88. The highest BCUT2D eigenvalue weighted by Crippen LogP contribution is 2.20. The van der Waals surface area contributed by atoms with E-state index in [4.69, 9.17) is 5.73 Å². The SMILES string of the molecule is CC(N)C(=O)Nc1cccc(N2CCNC2=O)c1. The van der Waals surface area contributed by atoms with Gasteiger partial charge in [-0.15, -0.1) is 0 Å². The third-order valence-corrected chi connectivity index (χ3v) is 2.70. The predicted octanol–water partition coefficient (Wildman–Crippen LogP) is 0.502. The van der Waals surface area contributed by atoms with Gasteiger partial charge < -0.3 is 16.4 Å². The summed E-state index contributed by atoms with van der Waals surface area (Å²) < 4.78 is 0. The largest absolute Gasteiger partial charge is 0.336 e. The number of nitrogens with two attached hydrogens (primary N) is 1. The monoisotopic (exact) mass is 248 g/mol. The molecule has 1 aliphatic heterocycles. The molecule has 0 radical (unpaired) electrons. The molecule has 1 fully saturated rings. The molecule has 0 bridgehead atoms. The average Bonchev–Trinajstić information content (AvgIpc) is 2.75. The fourth-order valence-electron chi connectivity index (χ4n) is 1.73. The van der Waals surface area contributed by atoms with Crippen molar-refractivity contribution in [2.45, 2.75) is 13.0 Å². The van der Waals surface area contributed by atoms with Crippen molar-refractivity contribution < 1.29 is 9.59 Å². The second-order valence-corrected chi connectivity index (χ2v) is 4.21. The van der Waals surface area contributed by atoms with E-state index >= 15 is 0 Å². The highest BCUT2D eigenvalue weighted by molar-refractivity contribution is 5.97. The van der Waals surface area contributed by atoms with Gasteiger partial charge in [-0.25, -0.2) is 4.79 Å². The van der Waals surface area contributed by atoms with Gasteiger partial charge in [0.25, 0.3) is 0 Å². The van der Waals surface area contributed by atoms with Gasteiger partial charge in [0.05, 0.1) is 6.04 Å². The molecular weight excluding hydrogens is 232 g/mol. The van der Waals surface area contributed by atoms with Crippen LogP contribution in [0.5, 0.6) is 0 Å². The number of nitrogens with one attached hydrogen (secondary N) is 2. The lowest BCUT2D eigenvalue weighted by Gasteiger charge is -2.16. The normalized spacial score (nSPS) is 16.3. The van der Waals surface area contributed by atoms with Gasteiger partial charge in [0.2, 0.25) is 5.91 Å². The van der Waals surface area contributed by atoms with Crippen LogP contribution < -0.4 is 21.3 Å². The molecule has 6 heteroatoms. The summed E-state index contributed by atoms with van der Waals surface area (Å²) in [5.74, 6) is -0.252. The van der Waals surface area contributed by atoms with Gasteiger partial charge in [0.15, 0.2) is 0 Å². The highest BCUT2D eigenvalue weighted by atomic mass is 16.2. The van der Waals surface area contributed by atoms with E-state index in [1.165, 1.54) is 0 Å². The third kappa shape index (κ3) is 2.60. The number of hydrogen-bond acceptors (Lipinski definition) is 3. The molecule has 0 saturated carbocycles. The van der Waals surface area contributed by atoms with Crippen LogP contribution in [0.4, 0.5) is 16.2 Å². The van der Waals surface area contributed by atoms with E-state index < -0.39 is 6.04 Å². The molecular formula is C12H16N4O2. The van der Waals surface area contributed by atoms with Crippen LogP contribution in [0.1, 0.15) is 6.92 Å². The second-order valence-electron chi connectivity index (χ2n) is 4.21.